The molecule has 0 saturated carbocycles. The number of nitrogens with one attached hydrogen (secondary N) is 1. The molecule has 176 valence electrons. The summed E-state index contributed by atoms with van der Waals surface area (Å²) >= 11 is 0. The summed E-state index contributed by atoms with van der Waals surface area (Å²) in [6.07, 6.45) is 3.29. The Morgan fingerprint density at radius 1 is 0.971 bits per heavy atom. The Morgan fingerprint density at radius 3 is 2.37 bits per heavy atom. The predicted molar refractivity (Wildman–Crippen MR) is 134 cm³/mol. The van der Waals surface area contributed by atoms with Crippen LogP contribution in [0.4, 0.5) is 5.82 Å². The van der Waals surface area contributed by atoms with Gasteiger partial charge < -0.3 is 5.32 Å². The second kappa shape index (κ2) is 8.43. The zero-order valence-corrected chi connectivity index (χ0v) is 20.3. The fraction of sp³-hybridized carbons (Fsp3) is 0.231. The Bertz CT molecular complexity index is 1530. The van der Waals surface area contributed by atoms with Crippen molar-refractivity contribution in [2.75, 3.05) is 5.32 Å². The third-order valence-corrected chi connectivity index (χ3v) is 5.74. The molecule has 0 aliphatic rings. The Morgan fingerprint density at radius 2 is 1.69 bits per heavy atom. The predicted octanol–water partition coefficient (Wildman–Crippen LogP) is 4.47. The van der Waals surface area contributed by atoms with Crippen molar-refractivity contribution < 1.29 is 4.79 Å². The number of carbonyl (C=O) groups is 1. The molecule has 1 N–H and O–H groups in total. The van der Waals surface area contributed by atoms with Crippen LogP contribution in [-0.2, 0) is 12.5 Å². The lowest BCUT2D eigenvalue weighted by Crippen LogP contribution is -2.17. The molecule has 0 aliphatic carbocycles. The maximum absolute atomic E-state index is 13.8. The number of nitrogens with zero attached hydrogens (tertiary/aromatic N) is 7. The summed E-state index contributed by atoms with van der Waals surface area (Å²) in [5.74, 6) is 0.572. The molecule has 4 aromatic heterocycles. The van der Waals surface area contributed by atoms with Crippen LogP contribution in [-0.4, -0.2) is 40.4 Å². The molecule has 0 bridgehead atoms. The molecular formula is C26H26N8O. The van der Waals surface area contributed by atoms with E-state index in [0.717, 1.165) is 17.0 Å². The van der Waals surface area contributed by atoms with Gasteiger partial charge >= 0.3 is 0 Å². The van der Waals surface area contributed by atoms with Crippen molar-refractivity contribution in [1.82, 2.24) is 34.5 Å². The first-order valence-corrected chi connectivity index (χ1v) is 11.3. The lowest BCUT2D eigenvalue weighted by atomic mass is 9.92. The summed E-state index contributed by atoms with van der Waals surface area (Å²) < 4.78 is 3.26. The van der Waals surface area contributed by atoms with Crippen LogP contribution in [0.25, 0.3) is 28.2 Å². The van der Waals surface area contributed by atoms with Crippen LogP contribution in [0.1, 0.15) is 42.5 Å². The largest absolute Gasteiger partial charge is 0.306 e. The van der Waals surface area contributed by atoms with E-state index in [1.54, 1.807) is 27.8 Å². The number of aromatic nitrogens is 7. The number of benzene rings is 1. The number of hydrogen-bond donors (Lipinski definition) is 1. The van der Waals surface area contributed by atoms with E-state index in [1.807, 2.05) is 56.4 Å². The van der Waals surface area contributed by atoms with Crippen molar-refractivity contribution in [3.63, 3.8) is 0 Å². The van der Waals surface area contributed by atoms with E-state index in [0.29, 0.717) is 34.1 Å². The molecule has 0 unspecified atom stereocenters. The topological polar surface area (TPSA) is 103 Å². The molecule has 9 heteroatoms. The molecule has 0 aliphatic heterocycles. The van der Waals surface area contributed by atoms with Crippen molar-refractivity contribution in [1.29, 1.82) is 0 Å². The van der Waals surface area contributed by atoms with Gasteiger partial charge in [-0.3, -0.25) is 9.48 Å². The number of amides is 1. The first-order chi connectivity index (χ1) is 16.7. The highest BCUT2D eigenvalue weighted by atomic mass is 16.1. The minimum atomic E-state index is -0.289. The van der Waals surface area contributed by atoms with E-state index in [2.05, 4.69) is 41.2 Å². The minimum absolute atomic E-state index is 0.232. The third kappa shape index (κ3) is 4.16. The van der Waals surface area contributed by atoms with Crippen molar-refractivity contribution in [2.24, 2.45) is 7.05 Å². The molecule has 0 saturated heterocycles. The van der Waals surface area contributed by atoms with Crippen molar-refractivity contribution >= 4 is 22.8 Å². The SMILES string of the molecule is Cc1nn(C)c2nc(-c3ccccc3)cc(C(=O)Nc3cc(C(C)(C)C)nn3-c3ncccn3)c12. The first-order valence-electron chi connectivity index (χ1n) is 11.3. The van der Waals surface area contributed by atoms with Crippen LogP contribution in [0.5, 0.6) is 0 Å². The Hall–Kier alpha value is -4.40. The monoisotopic (exact) mass is 466 g/mol. The zero-order valence-electron chi connectivity index (χ0n) is 20.3. The number of hydrogen-bond acceptors (Lipinski definition) is 6. The van der Waals surface area contributed by atoms with Gasteiger partial charge in [0.05, 0.1) is 28.0 Å². The average Bonchev–Trinajstić information content (AvgIpc) is 3.40. The minimum Gasteiger partial charge on any atom is -0.306 e. The van der Waals surface area contributed by atoms with E-state index in [4.69, 9.17) is 10.1 Å². The number of fused-ring (bicyclic) bond motifs is 1. The first kappa shape index (κ1) is 22.4. The van der Waals surface area contributed by atoms with Gasteiger partial charge in [0, 0.05) is 36.5 Å². The number of anilines is 1. The Balaban J connectivity index is 1.63. The third-order valence-electron chi connectivity index (χ3n) is 5.74. The van der Waals surface area contributed by atoms with E-state index in [9.17, 15) is 4.79 Å². The number of pyridine rings is 1. The van der Waals surface area contributed by atoms with Crippen molar-refractivity contribution in [3.05, 3.63) is 77.9 Å². The molecule has 1 amide bonds. The van der Waals surface area contributed by atoms with Gasteiger partial charge in [-0.25, -0.2) is 15.0 Å². The molecule has 0 spiro atoms. The number of rotatable bonds is 4. The van der Waals surface area contributed by atoms with Gasteiger partial charge in [-0.05, 0) is 19.1 Å². The number of carbonyl (C=O) groups excluding carboxylic acids is 1. The van der Waals surface area contributed by atoms with Crippen LogP contribution in [0.2, 0.25) is 0 Å². The summed E-state index contributed by atoms with van der Waals surface area (Å²) in [5.41, 5.74) is 4.05. The molecule has 0 atom stereocenters. The summed E-state index contributed by atoms with van der Waals surface area (Å²) in [6.45, 7) is 8.07. The van der Waals surface area contributed by atoms with Gasteiger partial charge in [-0.2, -0.15) is 14.9 Å². The second-order valence-corrected chi connectivity index (χ2v) is 9.41. The van der Waals surface area contributed by atoms with E-state index in [1.165, 1.54) is 0 Å². The summed E-state index contributed by atoms with van der Waals surface area (Å²) in [5, 5.41) is 13.0. The average molecular weight is 467 g/mol. The van der Waals surface area contributed by atoms with E-state index >= 15 is 0 Å². The lowest BCUT2D eigenvalue weighted by molar-refractivity contribution is 0.102. The highest BCUT2D eigenvalue weighted by Gasteiger charge is 2.24. The van der Waals surface area contributed by atoms with Crippen LogP contribution in [0.3, 0.4) is 0 Å². The Kier molecular flexibility index (Phi) is 5.39. The standard InChI is InChI=1S/C26H26N8O/c1-16-22-18(14-19(17-10-7-6-8-11-17)29-23(22)33(5)31-16)24(35)30-21-15-20(26(2,3)4)32-34(21)25-27-12-9-13-28-25/h6-15H,1-5H3,(H,30,35). The normalized spacial score (nSPS) is 11.7. The van der Waals surface area contributed by atoms with E-state index < -0.39 is 0 Å². The van der Waals surface area contributed by atoms with Gasteiger partial charge in [-0.1, -0.05) is 51.1 Å². The number of aryl methyl sites for hydroxylation is 2. The van der Waals surface area contributed by atoms with Crippen molar-refractivity contribution in [2.45, 2.75) is 33.1 Å². The molecule has 0 radical (unpaired) electrons. The maximum Gasteiger partial charge on any atom is 0.257 e. The molecule has 35 heavy (non-hydrogen) atoms. The maximum atomic E-state index is 13.8. The molecule has 1 aromatic carbocycles. The molecular weight excluding hydrogens is 440 g/mol. The lowest BCUT2D eigenvalue weighted by Gasteiger charge is -2.13. The van der Waals surface area contributed by atoms with Gasteiger partial charge in [0.15, 0.2) is 5.65 Å². The molecule has 5 aromatic rings. The van der Waals surface area contributed by atoms with E-state index in [-0.39, 0.29) is 11.3 Å². The van der Waals surface area contributed by atoms with Crippen LogP contribution < -0.4 is 5.32 Å². The fourth-order valence-electron chi connectivity index (χ4n) is 3.95. The molecule has 0 fully saturated rings. The highest BCUT2D eigenvalue weighted by Crippen LogP contribution is 2.29. The molecule has 5 rings (SSSR count). The molecule has 4 heterocycles. The van der Waals surface area contributed by atoms with Crippen LogP contribution in [0, 0.1) is 6.92 Å². The highest BCUT2D eigenvalue weighted by molar-refractivity contribution is 6.13. The van der Waals surface area contributed by atoms with Crippen LogP contribution in [0.15, 0.2) is 60.9 Å². The second-order valence-electron chi connectivity index (χ2n) is 9.41. The summed E-state index contributed by atoms with van der Waals surface area (Å²) in [7, 11) is 1.83. The van der Waals surface area contributed by atoms with Crippen molar-refractivity contribution in [3.8, 4) is 17.2 Å². The fourth-order valence-corrected chi connectivity index (χ4v) is 3.95. The quantitative estimate of drug-likeness (QED) is 0.419. The van der Waals surface area contributed by atoms with Gasteiger partial charge in [-0.15, -0.1) is 0 Å². The zero-order chi connectivity index (χ0) is 24.7. The summed E-state index contributed by atoms with van der Waals surface area (Å²) in [4.78, 5) is 27.2. The van der Waals surface area contributed by atoms with Gasteiger partial charge in [0.2, 0.25) is 0 Å². The van der Waals surface area contributed by atoms with Gasteiger partial charge in [0.1, 0.15) is 5.82 Å². The van der Waals surface area contributed by atoms with Crippen LogP contribution >= 0.6 is 0 Å². The smallest absolute Gasteiger partial charge is 0.257 e. The molecule has 9 nitrogen and oxygen atoms in total. The Labute approximate surface area is 202 Å². The summed E-state index contributed by atoms with van der Waals surface area (Å²) in [6, 6.07) is 15.2. The van der Waals surface area contributed by atoms with Gasteiger partial charge in [0.25, 0.3) is 11.9 Å².